The van der Waals surface area contributed by atoms with E-state index in [2.05, 4.69) is 29.5 Å². The molecule has 1 unspecified atom stereocenters. The second kappa shape index (κ2) is 8.18. The highest BCUT2D eigenvalue weighted by atomic mass is 16.5. The molecule has 0 aromatic carbocycles. The highest BCUT2D eigenvalue weighted by Gasteiger charge is 2.13. The number of nitrogens with zero attached hydrogens (tertiary/aromatic N) is 3. The highest BCUT2D eigenvalue weighted by Crippen LogP contribution is 2.03. The van der Waals surface area contributed by atoms with Crippen molar-refractivity contribution in [1.82, 2.24) is 20.3 Å². The van der Waals surface area contributed by atoms with E-state index in [1.165, 1.54) is 0 Å². The summed E-state index contributed by atoms with van der Waals surface area (Å²) < 4.78 is 6.94. The fraction of sp³-hybridized carbons (Fsp3) is 0.833. The molecule has 0 fully saturated rings. The van der Waals surface area contributed by atoms with E-state index < -0.39 is 0 Å². The van der Waals surface area contributed by atoms with Gasteiger partial charge < -0.3 is 15.2 Å². The van der Waals surface area contributed by atoms with Gasteiger partial charge in [-0.1, -0.05) is 19.1 Å². The molecule has 104 valence electrons. The molecule has 0 bridgehead atoms. The lowest BCUT2D eigenvalue weighted by Gasteiger charge is -2.20. The molecule has 6 nitrogen and oxygen atoms in total. The Bertz CT molecular complexity index is 328. The summed E-state index contributed by atoms with van der Waals surface area (Å²) in [6.07, 6.45) is 2.61. The molecule has 0 saturated heterocycles. The first kappa shape index (κ1) is 15.1. The normalized spacial score (nSPS) is 13.2. The summed E-state index contributed by atoms with van der Waals surface area (Å²) in [6.45, 7) is 6.58. The molecule has 1 atom stereocenters. The standard InChI is InChI=1S/C12H24N4O2/c1-10(2)12(9-18-3)13-7-11-8-16(15-14-11)5-4-6-17/h8,10,12-13,17H,4-7,9H2,1-3H3. The van der Waals surface area contributed by atoms with Crippen LogP contribution in [0.3, 0.4) is 0 Å². The second-order valence-corrected chi connectivity index (χ2v) is 4.74. The molecule has 6 heteroatoms. The lowest BCUT2D eigenvalue weighted by atomic mass is 10.1. The largest absolute Gasteiger partial charge is 0.396 e. The molecule has 0 aliphatic heterocycles. The van der Waals surface area contributed by atoms with Gasteiger partial charge in [-0.25, -0.2) is 0 Å². The Balaban J connectivity index is 2.39. The first-order valence-corrected chi connectivity index (χ1v) is 6.39. The first-order chi connectivity index (χ1) is 8.67. The number of rotatable bonds is 9. The Morgan fingerprint density at radius 1 is 1.50 bits per heavy atom. The van der Waals surface area contributed by atoms with E-state index in [1.54, 1.807) is 11.8 Å². The smallest absolute Gasteiger partial charge is 0.0964 e. The Morgan fingerprint density at radius 2 is 2.28 bits per heavy atom. The Morgan fingerprint density at radius 3 is 2.89 bits per heavy atom. The van der Waals surface area contributed by atoms with Crippen LogP contribution in [0.15, 0.2) is 6.20 Å². The highest BCUT2D eigenvalue weighted by molar-refractivity contribution is 4.92. The Labute approximate surface area is 108 Å². The van der Waals surface area contributed by atoms with Crippen LogP contribution in [0.25, 0.3) is 0 Å². The van der Waals surface area contributed by atoms with Crippen molar-refractivity contribution >= 4 is 0 Å². The minimum absolute atomic E-state index is 0.177. The van der Waals surface area contributed by atoms with Crippen LogP contribution in [-0.2, 0) is 17.8 Å². The molecule has 0 amide bonds. The zero-order chi connectivity index (χ0) is 13.4. The first-order valence-electron chi connectivity index (χ1n) is 6.39. The molecule has 18 heavy (non-hydrogen) atoms. The molecule has 0 radical (unpaired) electrons. The summed E-state index contributed by atoms with van der Waals surface area (Å²) in [6, 6.07) is 0.317. The number of nitrogens with one attached hydrogen (secondary N) is 1. The fourth-order valence-electron chi connectivity index (χ4n) is 1.66. The quantitative estimate of drug-likeness (QED) is 0.670. The summed E-state index contributed by atoms with van der Waals surface area (Å²) in [5.41, 5.74) is 0.912. The van der Waals surface area contributed by atoms with Crippen molar-refractivity contribution in [2.24, 2.45) is 5.92 Å². The van der Waals surface area contributed by atoms with E-state index in [4.69, 9.17) is 9.84 Å². The van der Waals surface area contributed by atoms with E-state index in [-0.39, 0.29) is 6.61 Å². The van der Waals surface area contributed by atoms with Gasteiger partial charge in [0.1, 0.15) is 0 Å². The molecule has 1 rings (SSSR count). The predicted molar refractivity (Wildman–Crippen MR) is 69.1 cm³/mol. The van der Waals surface area contributed by atoms with Crippen LogP contribution in [0.5, 0.6) is 0 Å². The summed E-state index contributed by atoms with van der Waals surface area (Å²) in [5.74, 6) is 0.509. The lowest BCUT2D eigenvalue weighted by molar-refractivity contribution is 0.146. The molecule has 2 N–H and O–H groups in total. The van der Waals surface area contributed by atoms with Crippen molar-refractivity contribution in [3.63, 3.8) is 0 Å². The van der Waals surface area contributed by atoms with Crippen LogP contribution in [0.2, 0.25) is 0 Å². The molecule has 0 aliphatic carbocycles. The molecule has 1 aromatic rings. The second-order valence-electron chi connectivity index (χ2n) is 4.74. The summed E-state index contributed by atoms with van der Waals surface area (Å²) >= 11 is 0. The molecule has 0 spiro atoms. The maximum Gasteiger partial charge on any atom is 0.0964 e. The number of hydrogen-bond donors (Lipinski definition) is 2. The number of aliphatic hydroxyl groups excluding tert-OH is 1. The zero-order valence-corrected chi connectivity index (χ0v) is 11.5. The van der Waals surface area contributed by atoms with E-state index in [0.717, 1.165) is 5.69 Å². The minimum atomic E-state index is 0.177. The molecule has 1 aromatic heterocycles. The van der Waals surface area contributed by atoms with E-state index >= 15 is 0 Å². The maximum absolute atomic E-state index is 8.74. The average Bonchev–Trinajstić information content (AvgIpc) is 2.79. The van der Waals surface area contributed by atoms with Crippen LogP contribution in [0.4, 0.5) is 0 Å². The number of ether oxygens (including phenoxy) is 1. The predicted octanol–water partition coefficient (Wildman–Crippen LogP) is 0.421. The van der Waals surface area contributed by atoms with Gasteiger partial charge in [0.2, 0.25) is 0 Å². The molecule has 1 heterocycles. The lowest BCUT2D eigenvalue weighted by Crippen LogP contribution is -2.37. The fourth-order valence-corrected chi connectivity index (χ4v) is 1.66. The SMILES string of the molecule is COCC(NCc1cn(CCCO)nn1)C(C)C. The van der Waals surface area contributed by atoms with Crippen LogP contribution >= 0.6 is 0 Å². The number of aryl methyl sites for hydroxylation is 1. The van der Waals surface area contributed by atoms with E-state index in [0.29, 0.717) is 38.1 Å². The van der Waals surface area contributed by atoms with Gasteiger partial charge in [0.25, 0.3) is 0 Å². The third-order valence-corrected chi connectivity index (χ3v) is 2.83. The van der Waals surface area contributed by atoms with Gasteiger partial charge in [0.05, 0.1) is 12.3 Å². The topological polar surface area (TPSA) is 72.2 Å². The van der Waals surface area contributed by atoms with Gasteiger partial charge in [-0.2, -0.15) is 0 Å². The Kier molecular flexibility index (Phi) is 6.85. The van der Waals surface area contributed by atoms with Crippen molar-refractivity contribution in [3.05, 3.63) is 11.9 Å². The van der Waals surface area contributed by atoms with Crippen molar-refractivity contribution in [2.45, 2.75) is 39.4 Å². The van der Waals surface area contributed by atoms with Gasteiger partial charge in [-0.15, -0.1) is 5.10 Å². The maximum atomic E-state index is 8.74. The molecular formula is C12H24N4O2. The number of aromatic nitrogens is 3. The van der Waals surface area contributed by atoms with Gasteiger partial charge in [0.15, 0.2) is 0 Å². The molecule has 0 aliphatic rings. The van der Waals surface area contributed by atoms with Crippen molar-refractivity contribution in [3.8, 4) is 0 Å². The minimum Gasteiger partial charge on any atom is -0.396 e. The van der Waals surface area contributed by atoms with Gasteiger partial charge >= 0.3 is 0 Å². The van der Waals surface area contributed by atoms with Crippen molar-refractivity contribution in [2.75, 3.05) is 20.3 Å². The van der Waals surface area contributed by atoms with Crippen LogP contribution in [0, 0.1) is 5.92 Å². The van der Waals surface area contributed by atoms with Crippen LogP contribution in [0.1, 0.15) is 26.0 Å². The zero-order valence-electron chi connectivity index (χ0n) is 11.5. The van der Waals surface area contributed by atoms with Gasteiger partial charge in [0, 0.05) is 39.0 Å². The summed E-state index contributed by atoms with van der Waals surface area (Å²) in [4.78, 5) is 0. The average molecular weight is 256 g/mol. The third kappa shape index (κ3) is 5.12. The molecular weight excluding hydrogens is 232 g/mol. The number of aliphatic hydroxyl groups is 1. The van der Waals surface area contributed by atoms with Gasteiger partial charge in [-0.3, -0.25) is 4.68 Å². The van der Waals surface area contributed by atoms with Crippen molar-refractivity contribution in [1.29, 1.82) is 0 Å². The molecule has 0 saturated carbocycles. The summed E-state index contributed by atoms with van der Waals surface area (Å²) in [5, 5.41) is 20.3. The monoisotopic (exact) mass is 256 g/mol. The van der Waals surface area contributed by atoms with Crippen LogP contribution in [-0.4, -0.2) is 46.5 Å². The van der Waals surface area contributed by atoms with Crippen molar-refractivity contribution < 1.29 is 9.84 Å². The Hall–Kier alpha value is -0.980. The number of hydrogen-bond acceptors (Lipinski definition) is 5. The van der Waals surface area contributed by atoms with Crippen LogP contribution < -0.4 is 5.32 Å². The summed E-state index contributed by atoms with van der Waals surface area (Å²) in [7, 11) is 1.71. The van der Waals surface area contributed by atoms with Gasteiger partial charge in [-0.05, 0) is 12.3 Å². The van der Waals surface area contributed by atoms with E-state index in [1.807, 2.05) is 6.20 Å². The van der Waals surface area contributed by atoms with E-state index in [9.17, 15) is 0 Å². The number of methoxy groups -OCH3 is 1. The third-order valence-electron chi connectivity index (χ3n) is 2.83.